The maximum Gasteiger partial charge on any atom is 0.261 e. The molecule has 5 nitrogen and oxygen atoms in total. The molecule has 0 aromatic heterocycles. The monoisotopic (exact) mass is 335 g/mol. The highest BCUT2D eigenvalue weighted by Gasteiger charge is 2.27. The maximum absolute atomic E-state index is 12.5. The zero-order chi connectivity index (χ0) is 15.0. The highest BCUT2D eigenvalue weighted by molar-refractivity contribution is 8.13. The van der Waals surface area contributed by atoms with Crippen LogP contribution in [0.2, 0.25) is 0 Å². The van der Waals surface area contributed by atoms with Gasteiger partial charge in [0.2, 0.25) is 10.0 Å². The predicted molar refractivity (Wildman–Crippen MR) is 76.6 cm³/mol. The standard InChI is InChI=1S/C12H14ClNO4S2/c1-10-4-3-7-14(9-10)20(17,18)12-6-2-5-11(8-12)19(13,15)16/h2,4-6,8H,3,7,9H2,1H3. The number of rotatable bonds is 3. The molecule has 1 aromatic carbocycles. The van der Waals surface area contributed by atoms with Gasteiger partial charge in [0.15, 0.2) is 0 Å². The maximum atomic E-state index is 12.5. The SMILES string of the molecule is CC1=CCCN(S(=O)(=O)c2cccc(S(=O)(=O)Cl)c2)C1. The lowest BCUT2D eigenvalue weighted by molar-refractivity contribution is 0.428. The first kappa shape index (κ1) is 15.5. The summed E-state index contributed by atoms with van der Waals surface area (Å²) in [5.41, 5.74) is 0.973. The van der Waals surface area contributed by atoms with E-state index in [-0.39, 0.29) is 9.79 Å². The van der Waals surface area contributed by atoms with Crippen LogP contribution in [0.1, 0.15) is 13.3 Å². The molecule has 0 amide bonds. The van der Waals surface area contributed by atoms with Crippen molar-refractivity contribution < 1.29 is 16.8 Å². The Balaban J connectivity index is 2.43. The Kier molecular flexibility index (Phi) is 4.24. The summed E-state index contributed by atoms with van der Waals surface area (Å²) in [6, 6.07) is 5.09. The molecule has 0 atom stereocenters. The molecular formula is C12H14ClNO4S2. The fourth-order valence-corrected chi connectivity index (χ4v) is 4.43. The minimum atomic E-state index is -3.95. The number of sulfonamides is 1. The van der Waals surface area contributed by atoms with Crippen LogP contribution in [0.4, 0.5) is 0 Å². The van der Waals surface area contributed by atoms with Crippen molar-refractivity contribution in [2.45, 2.75) is 23.1 Å². The van der Waals surface area contributed by atoms with Crippen LogP contribution < -0.4 is 0 Å². The van der Waals surface area contributed by atoms with Gasteiger partial charge in [-0.05, 0) is 31.5 Å². The van der Waals surface area contributed by atoms with Crippen LogP contribution in [0.5, 0.6) is 0 Å². The molecule has 110 valence electrons. The van der Waals surface area contributed by atoms with E-state index in [1.54, 1.807) is 0 Å². The lowest BCUT2D eigenvalue weighted by Gasteiger charge is -2.25. The fourth-order valence-electron chi connectivity index (χ4n) is 2.02. The van der Waals surface area contributed by atoms with Crippen LogP contribution in [0.15, 0.2) is 45.7 Å². The summed E-state index contributed by atoms with van der Waals surface area (Å²) in [6.45, 7) is 2.57. The van der Waals surface area contributed by atoms with E-state index in [2.05, 4.69) is 0 Å². The highest BCUT2D eigenvalue weighted by atomic mass is 35.7. The molecule has 1 aromatic rings. The minimum absolute atomic E-state index is 0.0612. The molecule has 0 saturated carbocycles. The fraction of sp³-hybridized carbons (Fsp3) is 0.333. The van der Waals surface area contributed by atoms with Crippen molar-refractivity contribution in [3.8, 4) is 0 Å². The van der Waals surface area contributed by atoms with Crippen molar-refractivity contribution in [1.82, 2.24) is 4.31 Å². The molecule has 1 aliphatic rings. The second-order valence-electron chi connectivity index (χ2n) is 4.59. The Morgan fingerprint density at radius 1 is 1.15 bits per heavy atom. The van der Waals surface area contributed by atoms with Crippen LogP contribution in [0, 0.1) is 0 Å². The van der Waals surface area contributed by atoms with E-state index in [9.17, 15) is 16.8 Å². The summed E-state index contributed by atoms with van der Waals surface area (Å²) >= 11 is 0. The first-order valence-electron chi connectivity index (χ1n) is 5.92. The minimum Gasteiger partial charge on any atom is -0.207 e. The van der Waals surface area contributed by atoms with E-state index in [0.717, 1.165) is 11.6 Å². The zero-order valence-electron chi connectivity index (χ0n) is 10.8. The molecule has 1 heterocycles. The van der Waals surface area contributed by atoms with Gasteiger partial charge in [-0.25, -0.2) is 16.8 Å². The lowest BCUT2D eigenvalue weighted by atomic mass is 10.2. The van der Waals surface area contributed by atoms with E-state index in [0.29, 0.717) is 19.5 Å². The Labute approximate surface area is 123 Å². The zero-order valence-corrected chi connectivity index (χ0v) is 13.2. The van der Waals surface area contributed by atoms with E-state index >= 15 is 0 Å². The summed E-state index contributed by atoms with van der Waals surface area (Å²) in [5, 5.41) is 0. The number of benzene rings is 1. The second-order valence-corrected chi connectivity index (χ2v) is 9.09. The van der Waals surface area contributed by atoms with Crippen molar-refractivity contribution in [2.75, 3.05) is 13.1 Å². The summed E-state index contributed by atoms with van der Waals surface area (Å²) in [5.74, 6) is 0. The number of hydrogen-bond donors (Lipinski definition) is 0. The van der Waals surface area contributed by atoms with Crippen LogP contribution in [0.25, 0.3) is 0 Å². The first-order chi connectivity index (χ1) is 9.21. The van der Waals surface area contributed by atoms with Crippen molar-refractivity contribution in [1.29, 1.82) is 0 Å². The van der Waals surface area contributed by atoms with Gasteiger partial charge in [-0.2, -0.15) is 4.31 Å². The summed E-state index contributed by atoms with van der Waals surface area (Å²) in [6.07, 6.45) is 2.64. The molecule has 0 spiro atoms. The number of hydrogen-bond acceptors (Lipinski definition) is 4. The molecule has 0 fully saturated rings. The Bertz CT molecular complexity index is 753. The third kappa shape index (κ3) is 3.22. The van der Waals surface area contributed by atoms with Crippen LogP contribution in [0.3, 0.4) is 0 Å². The van der Waals surface area contributed by atoms with Crippen LogP contribution in [-0.2, 0) is 19.1 Å². The molecule has 20 heavy (non-hydrogen) atoms. The third-order valence-electron chi connectivity index (χ3n) is 3.02. The smallest absolute Gasteiger partial charge is 0.207 e. The Morgan fingerprint density at radius 3 is 2.40 bits per heavy atom. The van der Waals surface area contributed by atoms with Gasteiger partial charge >= 0.3 is 0 Å². The van der Waals surface area contributed by atoms with Gasteiger partial charge in [-0.15, -0.1) is 0 Å². The summed E-state index contributed by atoms with van der Waals surface area (Å²) in [4.78, 5) is -0.279. The van der Waals surface area contributed by atoms with Gasteiger partial charge < -0.3 is 0 Å². The van der Waals surface area contributed by atoms with Gasteiger partial charge in [0.1, 0.15) is 0 Å². The van der Waals surface area contributed by atoms with Crippen LogP contribution >= 0.6 is 10.7 Å². The molecular weight excluding hydrogens is 322 g/mol. The van der Waals surface area contributed by atoms with Gasteiger partial charge in [0.25, 0.3) is 9.05 Å². The Morgan fingerprint density at radius 2 is 1.80 bits per heavy atom. The quantitative estimate of drug-likeness (QED) is 0.625. The van der Waals surface area contributed by atoms with Gasteiger partial charge in [-0.3, -0.25) is 0 Å². The number of nitrogens with zero attached hydrogens (tertiary/aromatic N) is 1. The molecule has 0 bridgehead atoms. The largest absolute Gasteiger partial charge is 0.261 e. The molecule has 0 aliphatic carbocycles. The average Bonchev–Trinajstić information content (AvgIpc) is 2.38. The lowest BCUT2D eigenvalue weighted by Crippen LogP contribution is -2.35. The molecule has 0 radical (unpaired) electrons. The van der Waals surface area contributed by atoms with E-state index in [1.165, 1.54) is 22.5 Å². The van der Waals surface area contributed by atoms with Gasteiger partial charge in [0, 0.05) is 23.8 Å². The molecule has 0 N–H and O–H groups in total. The van der Waals surface area contributed by atoms with Crippen molar-refractivity contribution in [3.05, 3.63) is 35.9 Å². The molecule has 0 unspecified atom stereocenters. The van der Waals surface area contributed by atoms with E-state index in [1.807, 2.05) is 13.0 Å². The van der Waals surface area contributed by atoms with Gasteiger partial charge in [-0.1, -0.05) is 17.7 Å². The van der Waals surface area contributed by atoms with Crippen LogP contribution in [-0.4, -0.2) is 34.2 Å². The summed E-state index contributed by atoms with van der Waals surface area (Å²) in [7, 11) is -2.41. The van der Waals surface area contributed by atoms with E-state index < -0.39 is 19.1 Å². The van der Waals surface area contributed by atoms with Crippen molar-refractivity contribution >= 4 is 29.8 Å². The van der Waals surface area contributed by atoms with Crippen molar-refractivity contribution in [2.24, 2.45) is 0 Å². The van der Waals surface area contributed by atoms with Crippen molar-refractivity contribution in [3.63, 3.8) is 0 Å². The third-order valence-corrected chi connectivity index (χ3v) is 6.21. The molecule has 2 rings (SSSR count). The number of halogens is 1. The van der Waals surface area contributed by atoms with Gasteiger partial charge in [0.05, 0.1) is 9.79 Å². The average molecular weight is 336 g/mol. The van der Waals surface area contributed by atoms with E-state index in [4.69, 9.17) is 10.7 Å². The topological polar surface area (TPSA) is 71.5 Å². The second kappa shape index (κ2) is 5.48. The summed E-state index contributed by atoms with van der Waals surface area (Å²) < 4.78 is 48.9. The molecule has 1 aliphatic heterocycles. The normalized spacial score (nSPS) is 17.8. The Hall–Kier alpha value is -0.890. The molecule has 8 heteroatoms. The highest BCUT2D eigenvalue weighted by Crippen LogP contribution is 2.24. The first-order valence-corrected chi connectivity index (χ1v) is 9.67. The predicted octanol–water partition coefficient (Wildman–Crippen LogP) is 1.95. The molecule has 0 saturated heterocycles.